The summed E-state index contributed by atoms with van der Waals surface area (Å²) in [6.45, 7) is 4.00. The highest BCUT2D eigenvalue weighted by molar-refractivity contribution is 6.19. The van der Waals surface area contributed by atoms with Crippen LogP contribution in [0.25, 0.3) is 0 Å². The molecule has 3 rings (SSSR count). The van der Waals surface area contributed by atoms with Gasteiger partial charge in [0.2, 0.25) is 0 Å². The summed E-state index contributed by atoms with van der Waals surface area (Å²) < 4.78 is 0. The molecule has 2 aromatic carbocycles. The van der Waals surface area contributed by atoms with Crippen molar-refractivity contribution in [1.29, 1.82) is 16.1 Å². The first-order valence-corrected chi connectivity index (χ1v) is 7.34. The number of fused-ring (bicyclic) bond motifs is 2. The Kier molecular flexibility index (Phi) is 3.38. The molecule has 0 saturated carbocycles. The van der Waals surface area contributed by atoms with Gasteiger partial charge in [0.15, 0.2) is 0 Å². The van der Waals surface area contributed by atoms with E-state index in [4.69, 9.17) is 10.8 Å². The molecular formula is C19H17N3. The van der Waals surface area contributed by atoms with Crippen LogP contribution in [0.1, 0.15) is 45.4 Å². The normalized spacial score (nSPS) is 13.7. The van der Waals surface area contributed by atoms with Gasteiger partial charge in [-0.15, -0.1) is 0 Å². The second-order valence-corrected chi connectivity index (χ2v) is 5.73. The lowest BCUT2D eigenvalue weighted by Crippen LogP contribution is -2.19. The molecule has 0 aliphatic heterocycles. The van der Waals surface area contributed by atoms with Crippen LogP contribution in [0.2, 0.25) is 0 Å². The van der Waals surface area contributed by atoms with Crippen LogP contribution in [0.3, 0.4) is 0 Å². The Morgan fingerprint density at radius 3 is 2.41 bits per heavy atom. The summed E-state index contributed by atoms with van der Waals surface area (Å²) in [5, 5.41) is 26.4. The second-order valence-electron chi connectivity index (χ2n) is 5.73. The third kappa shape index (κ3) is 2.05. The molecule has 22 heavy (non-hydrogen) atoms. The van der Waals surface area contributed by atoms with Crippen molar-refractivity contribution in [3.8, 4) is 6.07 Å². The van der Waals surface area contributed by atoms with Crippen molar-refractivity contribution in [2.24, 2.45) is 0 Å². The SMILES string of the molecule is Cc1cc(C#N)c2c(c1C)C(=N)c1ccccc1C(=N)CC2. The third-order valence-electron chi connectivity index (χ3n) is 4.47. The van der Waals surface area contributed by atoms with Gasteiger partial charge in [-0.3, -0.25) is 5.41 Å². The number of hydrogen-bond acceptors (Lipinski definition) is 3. The van der Waals surface area contributed by atoms with Crippen LogP contribution in [-0.4, -0.2) is 11.4 Å². The van der Waals surface area contributed by atoms with E-state index in [1.54, 1.807) is 0 Å². The minimum atomic E-state index is 0.424. The molecule has 0 spiro atoms. The topological polar surface area (TPSA) is 71.5 Å². The monoisotopic (exact) mass is 287 g/mol. The molecule has 0 amide bonds. The molecule has 0 unspecified atom stereocenters. The number of nitrogens with one attached hydrogen (secondary N) is 2. The van der Waals surface area contributed by atoms with Crippen molar-refractivity contribution < 1.29 is 0 Å². The fraction of sp³-hybridized carbons (Fsp3) is 0.211. The van der Waals surface area contributed by atoms with E-state index < -0.39 is 0 Å². The number of rotatable bonds is 0. The van der Waals surface area contributed by atoms with Crippen LogP contribution in [-0.2, 0) is 6.42 Å². The number of nitriles is 1. The van der Waals surface area contributed by atoms with E-state index in [9.17, 15) is 5.26 Å². The van der Waals surface area contributed by atoms with Crippen molar-refractivity contribution >= 4 is 11.4 Å². The van der Waals surface area contributed by atoms with Crippen molar-refractivity contribution in [3.05, 3.63) is 69.3 Å². The molecule has 0 saturated heterocycles. The van der Waals surface area contributed by atoms with E-state index in [1.807, 2.05) is 44.2 Å². The molecule has 0 atom stereocenters. The van der Waals surface area contributed by atoms with Crippen LogP contribution in [0.5, 0.6) is 0 Å². The molecule has 0 fully saturated rings. The Hall–Kier alpha value is -2.73. The second kappa shape index (κ2) is 5.23. The molecule has 2 aromatic rings. The predicted octanol–water partition coefficient (Wildman–Crippen LogP) is 3.91. The number of nitrogens with zero attached hydrogens (tertiary/aromatic N) is 1. The molecule has 0 bridgehead atoms. The molecule has 0 heterocycles. The van der Waals surface area contributed by atoms with Crippen LogP contribution < -0.4 is 0 Å². The van der Waals surface area contributed by atoms with E-state index in [1.165, 1.54) is 0 Å². The fourth-order valence-electron chi connectivity index (χ4n) is 3.15. The minimum absolute atomic E-state index is 0.424. The van der Waals surface area contributed by atoms with Crippen molar-refractivity contribution in [2.45, 2.75) is 26.7 Å². The summed E-state index contributed by atoms with van der Waals surface area (Å²) in [4.78, 5) is 0. The molecule has 1 aliphatic carbocycles. The first-order valence-electron chi connectivity index (χ1n) is 7.34. The van der Waals surface area contributed by atoms with Gasteiger partial charge in [-0.2, -0.15) is 5.26 Å². The largest absolute Gasteiger partial charge is 0.305 e. The number of aryl methyl sites for hydroxylation is 1. The number of benzene rings is 2. The molecular weight excluding hydrogens is 270 g/mol. The van der Waals surface area contributed by atoms with Gasteiger partial charge in [0.1, 0.15) is 0 Å². The highest BCUT2D eigenvalue weighted by Crippen LogP contribution is 2.30. The van der Waals surface area contributed by atoms with Gasteiger partial charge in [0, 0.05) is 22.4 Å². The fourth-order valence-corrected chi connectivity index (χ4v) is 3.15. The maximum Gasteiger partial charge on any atom is 0.0994 e. The van der Waals surface area contributed by atoms with Crippen LogP contribution in [0.15, 0.2) is 30.3 Å². The van der Waals surface area contributed by atoms with E-state index in [0.29, 0.717) is 29.8 Å². The maximum atomic E-state index is 9.44. The van der Waals surface area contributed by atoms with Gasteiger partial charge in [0.05, 0.1) is 17.3 Å². The number of hydrogen-bond donors (Lipinski definition) is 2. The molecule has 3 heteroatoms. The summed E-state index contributed by atoms with van der Waals surface area (Å²) in [5.74, 6) is 0. The molecule has 108 valence electrons. The lowest BCUT2D eigenvalue weighted by atomic mass is 9.81. The first-order chi connectivity index (χ1) is 10.5. The van der Waals surface area contributed by atoms with E-state index in [0.717, 1.165) is 33.4 Å². The Labute approximate surface area is 130 Å². The lowest BCUT2D eigenvalue weighted by Gasteiger charge is -2.22. The maximum absolute atomic E-state index is 9.44. The third-order valence-corrected chi connectivity index (χ3v) is 4.47. The molecule has 0 aromatic heterocycles. The quantitative estimate of drug-likeness (QED) is 0.757. The Bertz CT molecular complexity index is 854. The van der Waals surface area contributed by atoms with Crippen LogP contribution in [0.4, 0.5) is 0 Å². The average molecular weight is 287 g/mol. The van der Waals surface area contributed by atoms with Crippen molar-refractivity contribution in [1.82, 2.24) is 0 Å². The van der Waals surface area contributed by atoms with Gasteiger partial charge < -0.3 is 5.41 Å². The van der Waals surface area contributed by atoms with Crippen LogP contribution in [0, 0.1) is 36.0 Å². The van der Waals surface area contributed by atoms with E-state index >= 15 is 0 Å². The first kappa shape index (κ1) is 14.2. The summed E-state index contributed by atoms with van der Waals surface area (Å²) in [5.41, 5.74) is 7.08. The average Bonchev–Trinajstić information content (AvgIpc) is 2.53. The standard InChI is InChI=1S/C19H17N3/c1-11-9-13(10-20)14-7-8-17(21)15-5-3-4-6-16(15)19(22)18(14)12(11)2/h3-6,9,21-22H,7-8H2,1-2H3. The van der Waals surface area contributed by atoms with Gasteiger partial charge in [-0.1, -0.05) is 24.3 Å². The van der Waals surface area contributed by atoms with E-state index in [-0.39, 0.29) is 0 Å². The van der Waals surface area contributed by atoms with Crippen molar-refractivity contribution in [3.63, 3.8) is 0 Å². The van der Waals surface area contributed by atoms with Crippen LogP contribution >= 0.6 is 0 Å². The summed E-state index contributed by atoms with van der Waals surface area (Å²) in [6, 6.07) is 11.8. The van der Waals surface area contributed by atoms with Crippen molar-refractivity contribution in [2.75, 3.05) is 0 Å². The van der Waals surface area contributed by atoms with Gasteiger partial charge in [-0.25, -0.2) is 0 Å². The highest BCUT2D eigenvalue weighted by atomic mass is 14.5. The zero-order chi connectivity index (χ0) is 15.9. The molecule has 3 nitrogen and oxygen atoms in total. The molecule has 0 radical (unpaired) electrons. The Morgan fingerprint density at radius 2 is 1.73 bits per heavy atom. The van der Waals surface area contributed by atoms with Gasteiger partial charge in [-0.05, 0) is 49.4 Å². The lowest BCUT2D eigenvalue weighted by molar-refractivity contribution is 1.00. The zero-order valence-corrected chi connectivity index (χ0v) is 12.7. The highest BCUT2D eigenvalue weighted by Gasteiger charge is 2.23. The summed E-state index contributed by atoms with van der Waals surface area (Å²) in [7, 11) is 0. The van der Waals surface area contributed by atoms with E-state index in [2.05, 4.69) is 6.07 Å². The predicted molar refractivity (Wildman–Crippen MR) is 88.2 cm³/mol. The summed E-state index contributed by atoms with van der Waals surface area (Å²) >= 11 is 0. The van der Waals surface area contributed by atoms with Gasteiger partial charge in [0.25, 0.3) is 0 Å². The smallest absolute Gasteiger partial charge is 0.0994 e. The van der Waals surface area contributed by atoms with Gasteiger partial charge >= 0.3 is 0 Å². The molecule has 1 aliphatic rings. The molecule has 2 N–H and O–H groups in total. The summed E-state index contributed by atoms with van der Waals surface area (Å²) in [6.07, 6.45) is 1.23. The Balaban J connectivity index is 2.36. The Morgan fingerprint density at radius 1 is 1.05 bits per heavy atom. The zero-order valence-electron chi connectivity index (χ0n) is 12.7. The minimum Gasteiger partial charge on any atom is -0.305 e.